The van der Waals surface area contributed by atoms with Crippen LogP contribution in [0.25, 0.3) is 16.0 Å². The number of anilines is 1. The van der Waals surface area contributed by atoms with E-state index in [2.05, 4.69) is 35.2 Å². The predicted octanol–water partition coefficient (Wildman–Crippen LogP) is 7.74. The van der Waals surface area contributed by atoms with Gasteiger partial charge in [0.15, 0.2) is 0 Å². The zero-order valence-electron chi connectivity index (χ0n) is 26.1. The second kappa shape index (κ2) is 13.7. The van der Waals surface area contributed by atoms with Crippen LogP contribution in [0.3, 0.4) is 0 Å². The molecule has 2 aromatic heterocycles. The average molecular weight is 636 g/mol. The smallest absolute Gasteiger partial charge is 0.351 e. The first-order valence-corrected chi connectivity index (χ1v) is 16.9. The molecule has 0 bridgehead atoms. The van der Waals surface area contributed by atoms with Crippen molar-refractivity contribution in [1.82, 2.24) is 9.88 Å². The number of nitrogens with zero attached hydrogens (tertiary/aromatic N) is 2. The Bertz CT molecular complexity index is 1510. The number of esters is 2. The van der Waals surface area contributed by atoms with Crippen LogP contribution < -0.4 is 5.32 Å². The predicted molar refractivity (Wildman–Crippen MR) is 176 cm³/mol. The Labute approximate surface area is 267 Å². The molecule has 3 aromatic rings. The normalized spacial score (nSPS) is 19.5. The number of hydrogen-bond donors (Lipinski definition) is 1. The molecule has 1 N–H and O–H groups in total. The maximum atomic E-state index is 13.6. The summed E-state index contributed by atoms with van der Waals surface area (Å²) in [5, 5.41) is 4.59. The zero-order valence-corrected chi connectivity index (χ0v) is 27.7. The quantitative estimate of drug-likeness (QED) is 0.200. The molecule has 0 spiro atoms. The van der Waals surface area contributed by atoms with E-state index < -0.39 is 24.1 Å². The van der Waals surface area contributed by atoms with E-state index in [0.717, 1.165) is 41.4 Å². The van der Waals surface area contributed by atoms with Gasteiger partial charge >= 0.3 is 11.9 Å². The minimum atomic E-state index is -0.690. The number of benzene rings is 1. The number of likely N-dealkylation sites (N-methyl/N-ethyl adjacent to an activating group) is 1. The maximum Gasteiger partial charge on any atom is 0.351 e. The van der Waals surface area contributed by atoms with Crippen molar-refractivity contribution in [1.29, 1.82) is 0 Å². The summed E-state index contributed by atoms with van der Waals surface area (Å²) in [4.78, 5) is 46.2. The molecule has 0 atom stereocenters. The molecule has 0 radical (unpaired) electrons. The molecule has 0 saturated heterocycles. The van der Waals surface area contributed by atoms with Gasteiger partial charge in [0, 0.05) is 34.6 Å². The Balaban J connectivity index is 1.45. The summed E-state index contributed by atoms with van der Waals surface area (Å²) in [5.74, 6) is 0.0808. The summed E-state index contributed by atoms with van der Waals surface area (Å²) >= 11 is 2.76. The standard InChI is InChI=1S/C34H41N3O5S2/c1-21-6-8-22(9-7-21)27-17-37(5)15-14-25(27)26-16-29(44-30(26)32(39)41-20-42-33(40)34(2,3)4)23-10-12-24(13-11-23)36-31(38)28-18-43-19-35-28/h10-13,16,18-19,21-22H,6-9,14-15,17,20H2,1-5H3,(H,36,38). The first-order valence-electron chi connectivity index (χ1n) is 15.2. The highest BCUT2D eigenvalue weighted by molar-refractivity contribution is 7.17. The number of rotatable bonds is 8. The van der Waals surface area contributed by atoms with E-state index in [1.54, 1.807) is 31.7 Å². The first-order chi connectivity index (χ1) is 21.0. The summed E-state index contributed by atoms with van der Waals surface area (Å²) in [7, 11) is 2.16. The minimum Gasteiger partial charge on any atom is -0.427 e. The van der Waals surface area contributed by atoms with Crippen LogP contribution in [0.1, 0.15) is 85.5 Å². The van der Waals surface area contributed by atoms with E-state index in [9.17, 15) is 14.4 Å². The number of ether oxygens (including phenoxy) is 2. The molecule has 0 unspecified atom stereocenters. The topological polar surface area (TPSA) is 97.8 Å². The Morgan fingerprint density at radius 3 is 2.45 bits per heavy atom. The van der Waals surface area contributed by atoms with Crippen LogP contribution in [0.2, 0.25) is 0 Å². The largest absolute Gasteiger partial charge is 0.427 e. The highest BCUT2D eigenvalue weighted by Gasteiger charge is 2.31. The zero-order chi connectivity index (χ0) is 31.4. The van der Waals surface area contributed by atoms with Gasteiger partial charge in [-0.1, -0.05) is 31.9 Å². The molecular formula is C34H41N3O5S2. The number of thiophene rings is 1. The molecule has 1 aliphatic heterocycles. The van der Waals surface area contributed by atoms with Crippen LogP contribution in [0.5, 0.6) is 0 Å². The van der Waals surface area contributed by atoms with Gasteiger partial charge in [-0.2, -0.15) is 0 Å². The molecule has 2 aliphatic rings. The van der Waals surface area contributed by atoms with Crippen LogP contribution in [0.4, 0.5) is 5.69 Å². The summed E-state index contributed by atoms with van der Waals surface area (Å²) in [6, 6.07) is 9.70. The summed E-state index contributed by atoms with van der Waals surface area (Å²) in [5.41, 5.74) is 6.51. The molecular weight excluding hydrogens is 595 g/mol. The van der Waals surface area contributed by atoms with Crippen LogP contribution in [0, 0.1) is 17.3 Å². The molecule has 8 nitrogen and oxygen atoms in total. The van der Waals surface area contributed by atoms with Crippen molar-refractivity contribution in [3.8, 4) is 10.4 Å². The second-order valence-electron chi connectivity index (χ2n) is 12.9. The fraction of sp³-hybridized carbons (Fsp3) is 0.471. The number of aromatic nitrogens is 1. The van der Waals surface area contributed by atoms with Crippen LogP contribution in [0.15, 0.2) is 46.8 Å². The SMILES string of the molecule is CC1CCC(C2=C(c3cc(-c4ccc(NC(=O)c5cscn5)cc4)sc3C(=O)OCOC(=O)C(C)(C)C)CCN(C)C2)CC1. The van der Waals surface area contributed by atoms with Crippen LogP contribution >= 0.6 is 22.7 Å². The van der Waals surface area contributed by atoms with Crippen molar-refractivity contribution in [2.45, 2.75) is 59.8 Å². The van der Waals surface area contributed by atoms with E-state index in [4.69, 9.17) is 9.47 Å². The number of thiazole rings is 1. The summed E-state index contributed by atoms with van der Waals surface area (Å²) in [6.07, 6.45) is 5.64. The molecule has 1 amide bonds. The molecule has 10 heteroatoms. The second-order valence-corrected chi connectivity index (χ2v) is 14.7. The Hall–Kier alpha value is -3.34. The third-order valence-corrected chi connectivity index (χ3v) is 10.2. The fourth-order valence-corrected chi connectivity index (χ4v) is 7.40. The van der Waals surface area contributed by atoms with E-state index in [0.29, 0.717) is 22.2 Å². The molecule has 3 heterocycles. The molecule has 1 aromatic carbocycles. The van der Waals surface area contributed by atoms with Crippen molar-refractivity contribution >= 4 is 51.8 Å². The van der Waals surface area contributed by atoms with E-state index in [1.165, 1.54) is 59.5 Å². The van der Waals surface area contributed by atoms with Crippen molar-refractivity contribution in [2.24, 2.45) is 17.3 Å². The highest BCUT2D eigenvalue weighted by atomic mass is 32.1. The average Bonchev–Trinajstić information content (AvgIpc) is 3.69. The molecule has 1 fully saturated rings. The molecule has 1 aliphatic carbocycles. The third-order valence-electron chi connectivity index (χ3n) is 8.41. The van der Waals surface area contributed by atoms with Crippen LogP contribution in [-0.4, -0.2) is 54.7 Å². The first kappa shape index (κ1) is 32.1. The van der Waals surface area contributed by atoms with Gasteiger partial charge in [-0.15, -0.1) is 22.7 Å². The van der Waals surface area contributed by atoms with Gasteiger partial charge in [-0.05, 0) is 93.8 Å². The highest BCUT2D eigenvalue weighted by Crippen LogP contribution is 2.43. The number of nitrogens with one attached hydrogen (secondary N) is 1. The lowest BCUT2D eigenvalue weighted by Crippen LogP contribution is -2.31. The summed E-state index contributed by atoms with van der Waals surface area (Å²) in [6.45, 7) is 9.00. The molecule has 44 heavy (non-hydrogen) atoms. The number of carbonyl (C=O) groups is 3. The molecule has 5 rings (SSSR count). The van der Waals surface area contributed by atoms with Gasteiger partial charge in [-0.25, -0.2) is 9.78 Å². The van der Waals surface area contributed by atoms with Crippen molar-refractivity contribution in [3.05, 3.63) is 62.9 Å². The van der Waals surface area contributed by atoms with Gasteiger partial charge in [0.05, 0.1) is 10.9 Å². The van der Waals surface area contributed by atoms with Crippen molar-refractivity contribution in [3.63, 3.8) is 0 Å². The minimum absolute atomic E-state index is 0.256. The fourth-order valence-electron chi connectivity index (χ4n) is 5.79. The third kappa shape index (κ3) is 7.65. The number of hydrogen-bond acceptors (Lipinski definition) is 9. The lowest BCUT2D eigenvalue weighted by atomic mass is 9.75. The van der Waals surface area contributed by atoms with Gasteiger partial charge in [0.1, 0.15) is 10.6 Å². The Morgan fingerprint density at radius 1 is 1.07 bits per heavy atom. The van der Waals surface area contributed by atoms with Gasteiger partial charge in [0.25, 0.3) is 5.91 Å². The molecule has 234 valence electrons. The van der Waals surface area contributed by atoms with Gasteiger partial charge in [-0.3, -0.25) is 9.59 Å². The number of carbonyl (C=O) groups excluding carboxylic acids is 3. The van der Waals surface area contributed by atoms with Gasteiger partial charge < -0.3 is 19.7 Å². The van der Waals surface area contributed by atoms with Gasteiger partial charge in [0.2, 0.25) is 6.79 Å². The maximum absolute atomic E-state index is 13.6. The Kier molecular flexibility index (Phi) is 10.0. The summed E-state index contributed by atoms with van der Waals surface area (Å²) < 4.78 is 10.8. The lowest BCUT2D eigenvalue weighted by molar-refractivity contribution is -0.161. The van der Waals surface area contributed by atoms with E-state index >= 15 is 0 Å². The van der Waals surface area contributed by atoms with E-state index in [1.807, 2.05) is 24.3 Å². The van der Waals surface area contributed by atoms with Crippen LogP contribution in [-0.2, 0) is 14.3 Å². The van der Waals surface area contributed by atoms with Crippen molar-refractivity contribution in [2.75, 3.05) is 32.2 Å². The molecule has 1 saturated carbocycles. The monoisotopic (exact) mass is 635 g/mol. The number of amides is 1. The van der Waals surface area contributed by atoms with Crippen molar-refractivity contribution < 1.29 is 23.9 Å². The Morgan fingerprint density at radius 2 is 1.80 bits per heavy atom. The lowest BCUT2D eigenvalue weighted by Gasteiger charge is -2.35. The van der Waals surface area contributed by atoms with E-state index in [-0.39, 0.29) is 5.91 Å².